The lowest BCUT2D eigenvalue weighted by Gasteiger charge is -2.21. The summed E-state index contributed by atoms with van der Waals surface area (Å²) in [4.78, 5) is 14.1. The minimum atomic E-state index is 0.130. The molecule has 3 heteroatoms. The summed E-state index contributed by atoms with van der Waals surface area (Å²) < 4.78 is 0. The van der Waals surface area contributed by atoms with Gasteiger partial charge >= 0.3 is 0 Å². The van der Waals surface area contributed by atoms with Crippen LogP contribution in [0.1, 0.15) is 36.2 Å². The highest BCUT2D eigenvalue weighted by Gasteiger charge is 2.17. The molecule has 98 valence electrons. The summed E-state index contributed by atoms with van der Waals surface area (Å²) in [6.45, 7) is 6.14. The zero-order chi connectivity index (χ0) is 13.1. The molecule has 0 spiro atoms. The van der Waals surface area contributed by atoms with Crippen molar-refractivity contribution in [2.24, 2.45) is 5.92 Å². The SMILES string of the molecule is CCC(C)CN(C)C(=O)c1ccc2c(c1)CCN2. The number of carbonyl (C=O) groups is 1. The van der Waals surface area contributed by atoms with Crippen LogP contribution in [0.4, 0.5) is 5.69 Å². The zero-order valence-corrected chi connectivity index (χ0v) is 11.5. The number of benzene rings is 1. The van der Waals surface area contributed by atoms with Crippen LogP contribution in [-0.2, 0) is 6.42 Å². The van der Waals surface area contributed by atoms with E-state index >= 15 is 0 Å². The molecule has 1 aliphatic rings. The fourth-order valence-corrected chi connectivity index (χ4v) is 2.34. The first-order chi connectivity index (χ1) is 8.61. The van der Waals surface area contributed by atoms with Gasteiger partial charge in [-0.05, 0) is 36.1 Å². The van der Waals surface area contributed by atoms with E-state index in [-0.39, 0.29) is 5.91 Å². The van der Waals surface area contributed by atoms with Crippen LogP contribution in [0, 0.1) is 5.92 Å². The van der Waals surface area contributed by atoms with Crippen molar-refractivity contribution >= 4 is 11.6 Å². The van der Waals surface area contributed by atoms with Gasteiger partial charge in [0.25, 0.3) is 5.91 Å². The first kappa shape index (κ1) is 12.9. The van der Waals surface area contributed by atoms with Gasteiger partial charge in [-0.3, -0.25) is 4.79 Å². The minimum absolute atomic E-state index is 0.130. The lowest BCUT2D eigenvalue weighted by atomic mass is 10.1. The quantitative estimate of drug-likeness (QED) is 0.886. The molecule has 1 N–H and O–H groups in total. The van der Waals surface area contributed by atoms with Gasteiger partial charge in [-0.1, -0.05) is 20.3 Å². The number of hydrogen-bond acceptors (Lipinski definition) is 2. The molecule has 0 bridgehead atoms. The van der Waals surface area contributed by atoms with Crippen molar-refractivity contribution in [2.75, 3.05) is 25.5 Å². The molecule has 0 aromatic heterocycles. The monoisotopic (exact) mass is 246 g/mol. The summed E-state index contributed by atoms with van der Waals surface area (Å²) in [6, 6.07) is 5.98. The first-order valence-corrected chi connectivity index (χ1v) is 6.74. The van der Waals surface area contributed by atoms with Crippen molar-refractivity contribution < 1.29 is 4.79 Å². The van der Waals surface area contributed by atoms with E-state index < -0.39 is 0 Å². The molecule has 0 saturated carbocycles. The van der Waals surface area contributed by atoms with Crippen molar-refractivity contribution in [3.63, 3.8) is 0 Å². The van der Waals surface area contributed by atoms with Gasteiger partial charge in [-0.15, -0.1) is 0 Å². The van der Waals surface area contributed by atoms with Crippen LogP contribution in [-0.4, -0.2) is 30.9 Å². The Hall–Kier alpha value is -1.51. The first-order valence-electron chi connectivity index (χ1n) is 6.74. The molecule has 1 aliphatic heterocycles. The van der Waals surface area contributed by atoms with Gasteiger partial charge in [0, 0.05) is 31.4 Å². The summed E-state index contributed by atoms with van der Waals surface area (Å²) in [5.74, 6) is 0.681. The Balaban J connectivity index is 2.09. The van der Waals surface area contributed by atoms with E-state index in [1.54, 1.807) is 0 Å². The van der Waals surface area contributed by atoms with Gasteiger partial charge in [0.05, 0.1) is 0 Å². The molecule has 18 heavy (non-hydrogen) atoms. The second-order valence-corrected chi connectivity index (χ2v) is 5.25. The Bertz CT molecular complexity index is 442. The van der Waals surface area contributed by atoms with E-state index in [4.69, 9.17) is 0 Å². The summed E-state index contributed by atoms with van der Waals surface area (Å²) in [7, 11) is 1.89. The smallest absolute Gasteiger partial charge is 0.253 e. The summed E-state index contributed by atoms with van der Waals surface area (Å²) in [5.41, 5.74) is 3.25. The Labute approximate surface area is 109 Å². The standard InChI is InChI=1S/C15H22N2O/c1-4-11(2)10-17(3)15(18)13-5-6-14-12(9-13)7-8-16-14/h5-6,9,11,16H,4,7-8,10H2,1-3H3. The lowest BCUT2D eigenvalue weighted by Crippen LogP contribution is -2.30. The van der Waals surface area contributed by atoms with Crippen LogP contribution < -0.4 is 5.32 Å². The number of nitrogens with one attached hydrogen (secondary N) is 1. The molecule has 0 saturated heterocycles. The minimum Gasteiger partial charge on any atom is -0.384 e. The van der Waals surface area contributed by atoms with Crippen molar-refractivity contribution in [3.8, 4) is 0 Å². The third-order valence-corrected chi connectivity index (χ3v) is 3.69. The molecule has 0 aliphatic carbocycles. The lowest BCUT2D eigenvalue weighted by molar-refractivity contribution is 0.0775. The average molecular weight is 246 g/mol. The molecular weight excluding hydrogens is 224 g/mol. The third-order valence-electron chi connectivity index (χ3n) is 3.69. The van der Waals surface area contributed by atoms with Gasteiger partial charge in [0.2, 0.25) is 0 Å². The summed E-state index contributed by atoms with van der Waals surface area (Å²) in [5, 5.41) is 3.31. The van der Waals surface area contributed by atoms with Crippen LogP contribution in [0.25, 0.3) is 0 Å². The van der Waals surface area contributed by atoms with Gasteiger partial charge < -0.3 is 10.2 Å². The van der Waals surface area contributed by atoms with Crippen LogP contribution in [0.5, 0.6) is 0 Å². The second-order valence-electron chi connectivity index (χ2n) is 5.25. The highest BCUT2D eigenvalue weighted by Crippen LogP contribution is 2.23. The zero-order valence-electron chi connectivity index (χ0n) is 11.5. The van der Waals surface area contributed by atoms with Crippen LogP contribution >= 0.6 is 0 Å². The number of rotatable bonds is 4. The predicted molar refractivity (Wildman–Crippen MR) is 75.1 cm³/mol. The number of amides is 1. The number of fused-ring (bicyclic) bond motifs is 1. The molecule has 0 radical (unpaired) electrons. The fourth-order valence-electron chi connectivity index (χ4n) is 2.34. The van der Waals surface area contributed by atoms with Crippen molar-refractivity contribution in [1.82, 2.24) is 4.90 Å². The maximum atomic E-state index is 12.3. The summed E-state index contributed by atoms with van der Waals surface area (Å²) in [6.07, 6.45) is 2.12. The van der Waals surface area contributed by atoms with Gasteiger partial charge in [0.15, 0.2) is 0 Å². The number of anilines is 1. The Morgan fingerprint density at radius 3 is 3.00 bits per heavy atom. The Morgan fingerprint density at radius 2 is 2.28 bits per heavy atom. The number of carbonyl (C=O) groups excluding carboxylic acids is 1. The predicted octanol–water partition coefficient (Wildman–Crippen LogP) is 2.77. The van der Waals surface area contributed by atoms with Gasteiger partial charge in [-0.25, -0.2) is 0 Å². The van der Waals surface area contributed by atoms with Gasteiger partial charge in [0.1, 0.15) is 0 Å². The molecule has 1 heterocycles. The van der Waals surface area contributed by atoms with E-state index in [2.05, 4.69) is 19.2 Å². The van der Waals surface area contributed by atoms with E-state index in [9.17, 15) is 4.79 Å². The fraction of sp³-hybridized carbons (Fsp3) is 0.533. The molecular formula is C15H22N2O. The van der Waals surface area contributed by atoms with Crippen molar-refractivity contribution in [3.05, 3.63) is 29.3 Å². The molecule has 1 amide bonds. The molecule has 1 atom stereocenters. The van der Waals surface area contributed by atoms with Gasteiger partial charge in [-0.2, -0.15) is 0 Å². The molecule has 1 aromatic carbocycles. The third kappa shape index (κ3) is 2.66. The molecule has 0 fully saturated rings. The maximum Gasteiger partial charge on any atom is 0.253 e. The van der Waals surface area contributed by atoms with E-state index in [0.717, 1.165) is 31.5 Å². The Kier molecular flexibility index (Phi) is 3.90. The summed E-state index contributed by atoms with van der Waals surface area (Å²) >= 11 is 0. The maximum absolute atomic E-state index is 12.3. The number of nitrogens with zero attached hydrogens (tertiary/aromatic N) is 1. The average Bonchev–Trinajstić information content (AvgIpc) is 2.84. The molecule has 3 nitrogen and oxygen atoms in total. The second kappa shape index (κ2) is 5.42. The normalized spacial score (nSPS) is 14.8. The van der Waals surface area contributed by atoms with Crippen LogP contribution in [0.15, 0.2) is 18.2 Å². The van der Waals surface area contributed by atoms with E-state index in [1.165, 1.54) is 11.3 Å². The molecule has 1 aromatic rings. The largest absolute Gasteiger partial charge is 0.384 e. The Morgan fingerprint density at radius 1 is 1.50 bits per heavy atom. The van der Waals surface area contributed by atoms with Crippen LogP contribution in [0.2, 0.25) is 0 Å². The van der Waals surface area contributed by atoms with E-state index in [0.29, 0.717) is 5.92 Å². The van der Waals surface area contributed by atoms with Crippen LogP contribution in [0.3, 0.4) is 0 Å². The molecule has 1 unspecified atom stereocenters. The highest BCUT2D eigenvalue weighted by molar-refractivity contribution is 5.94. The topological polar surface area (TPSA) is 32.3 Å². The van der Waals surface area contributed by atoms with Crippen molar-refractivity contribution in [2.45, 2.75) is 26.7 Å². The number of hydrogen-bond donors (Lipinski definition) is 1. The van der Waals surface area contributed by atoms with Crippen molar-refractivity contribution in [1.29, 1.82) is 0 Å². The van der Waals surface area contributed by atoms with E-state index in [1.807, 2.05) is 30.1 Å². The highest BCUT2D eigenvalue weighted by atomic mass is 16.2. The molecule has 2 rings (SSSR count).